The van der Waals surface area contributed by atoms with E-state index in [9.17, 15) is 4.79 Å². The smallest absolute Gasteiger partial charge is 0.161 e. The maximum atomic E-state index is 10.7. The number of nitrogens with zero attached hydrogens (tertiary/aromatic N) is 1. The first kappa shape index (κ1) is 11.9. The maximum Gasteiger partial charge on any atom is 0.161 e. The van der Waals surface area contributed by atoms with Crippen molar-refractivity contribution in [1.29, 1.82) is 0 Å². The van der Waals surface area contributed by atoms with E-state index in [0.29, 0.717) is 0 Å². The molecule has 4 heteroatoms. The Bertz CT molecular complexity index is 340. The van der Waals surface area contributed by atoms with E-state index in [-0.39, 0.29) is 10.2 Å². The summed E-state index contributed by atoms with van der Waals surface area (Å²) in [4.78, 5) is 16.0. The Hall–Kier alpha value is -0.220. The number of carbonyl (C=O) groups excluding carboxylic acids is 1. The van der Waals surface area contributed by atoms with Gasteiger partial charge in [-0.15, -0.1) is 11.3 Å². The van der Waals surface area contributed by atoms with Crippen LogP contribution in [0.25, 0.3) is 0 Å². The zero-order valence-electron chi connectivity index (χ0n) is 8.80. The van der Waals surface area contributed by atoms with Crippen LogP contribution in [-0.2, 0) is 0 Å². The molecule has 1 aromatic rings. The third-order valence-electron chi connectivity index (χ3n) is 1.93. The lowest BCUT2D eigenvalue weighted by Gasteiger charge is -2.23. The summed E-state index contributed by atoms with van der Waals surface area (Å²) in [6.07, 6.45) is 0.874. The number of alkyl halides is 1. The van der Waals surface area contributed by atoms with Gasteiger partial charge in [-0.2, -0.15) is 0 Å². The molecule has 1 heterocycles. The van der Waals surface area contributed by atoms with Gasteiger partial charge in [0, 0.05) is 0 Å². The monoisotopic (exact) mass is 275 g/mol. The normalized spacial score (nSPS) is 14.1. The van der Waals surface area contributed by atoms with Crippen molar-refractivity contribution >= 4 is 33.6 Å². The highest BCUT2D eigenvalue weighted by Crippen LogP contribution is 2.41. The summed E-state index contributed by atoms with van der Waals surface area (Å²) in [7, 11) is 0. The van der Waals surface area contributed by atoms with Gasteiger partial charge in [0.25, 0.3) is 0 Å². The molecule has 0 aliphatic carbocycles. The minimum absolute atomic E-state index is 0.116. The molecule has 0 saturated heterocycles. The highest BCUT2D eigenvalue weighted by molar-refractivity contribution is 9.09. The molecule has 0 radical (unpaired) electrons. The second-order valence-corrected chi connectivity index (χ2v) is 6.33. The van der Waals surface area contributed by atoms with Crippen LogP contribution in [0.2, 0.25) is 0 Å². The summed E-state index contributed by atoms with van der Waals surface area (Å²) < 4.78 is 0. The first-order chi connectivity index (χ1) is 6.36. The SMILES string of the molecule is Cc1nc(C(Br)C(C)(C)C)sc1C=O. The van der Waals surface area contributed by atoms with Crippen molar-refractivity contribution < 1.29 is 4.79 Å². The van der Waals surface area contributed by atoms with Crippen molar-refractivity contribution in [3.05, 3.63) is 15.6 Å². The van der Waals surface area contributed by atoms with Gasteiger partial charge in [-0.25, -0.2) is 4.98 Å². The van der Waals surface area contributed by atoms with Crippen LogP contribution in [0.1, 0.15) is 46.0 Å². The largest absolute Gasteiger partial charge is 0.297 e. The summed E-state index contributed by atoms with van der Waals surface area (Å²) in [5, 5.41) is 0.983. The zero-order valence-corrected chi connectivity index (χ0v) is 11.2. The highest BCUT2D eigenvalue weighted by Gasteiger charge is 2.26. The zero-order chi connectivity index (χ0) is 10.9. The molecule has 14 heavy (non-hydrogen) atoms. The fraction of sp³-hybridized carbons (Fsp3) is 0.600. The molecular weight excluding hydrogens is 262 g/mol. The lowest BCUT2D eigenvalue weighted by molar-refractivity contribution is 0.112. The lowest BCUT2D eigenvalue weighted by atomic mass is 9.93. The number of hydrogen-bond donors (Lipinski definition) is 0. The van der Waals surface area contributed by atoms with Gasteiger partial charge in [-0.3, -0.25) is 4.79 Å². The Balaban J connectivity index is 3.03. The lowest BCUT2D eigenvalue weighted by Crippen LogP contribution is -2.12. The van der Waals surface area contributed by atoms with Crippen LogP contribution in [0, 0.1) is 12.3 Å². The Morgan fingerprint density at radius 3 is 2.43 bits per heavy atom. The second kappa shape index (κ2) is 4.11. The Kier molecular flexibility index (Phi) is 3.48. The highest BCUT2D eigenvalue weighted by atomic mass is 79.9. The van der Waals surface area contributed by atoms with Crippen LogP contribution in [0.4, 0.5) is 0 Å². The van der Waals surface area contributed by atoms with Crippen LogP contribution in [0.15, 0.2) is 0 Å². The topological polar surface area (TPSA) is 30.0 Å². The summed E-state index contributed by atoms with van der Waals surface area (Å²) in [6, 6.07) is 0. The van der Waals surface area contributed by atoms with E-state index in [1.54, 1.807) is 0 Å². The van der Waals surface area contributed by atoms with Crippen molar-refractivity contribution in [3.8, 4) is 0 Å². The van der Waals surface area contributed by atoms with Gasteiger partial charge in [0.05, 0.1) is 15.4 Å². The Morgan fingerprint density at radius 2 is 2.07 bits per heavy atom. The summed E-state index contributed by atoms with van der Waals surface area (Å²) in [6.45, 7) is 8.29. The van der Waals surface area contributed by atoms with Gasteiger partial charge in [0.1, 0.15) is 5.01 Å². The summed E-state index contributed by atoms with van der Waals surface area (Å²) in [5.74, 6) is 0. The molecule has 0 N–H and O–H groups in total. The van der Waals surface area contributed by atoms with Gasteiger partial charge < -0.3 is 0 Å². The number of hydrogen-bond acceptors (Lipinski definition) is 3. The quantitative estimate of drug-likeness (QED) is 0.608. The van der Waals surface area contributed by atoms with E-state index in [1.165, 1.54) is 11.3 Å². The predicted molar refractivity (Wildman–Crippen MR) is 63.4 cm³/mol. The van der Waals surface area contributed by atoms with E-state index in [4.69, 9.17) is 0 Å². The van der Waals surface area contributed by atoms with E-state index in [1.807, 2.05) is 6.92 Å². The van der Waals surface area contributed by atoms with Gasteiger partial charge in [0.2, 0.25) is 0 Å². The van der Waals surface area contributed by atoms with Crippen LogP contribution >= 0.6 is 27.3 Å². The summed E-state index contributed by atoms with van der Waals surface area (Å²) >= 11 is 5.08. The van der Waals surface area contributed by atoms with Crippen LogP contribution < -0.4 is 0 Å². The van der Waals surface area contributed by atoms with Crippen LogP contribution in [0.5, 0.6) is 0 Å². The third kappa shape index (κ3) is 2.42. The number of aldehydes is 1. The molecule has 0 aromatic carbocycles. The van der Waals surface area contributed by atoms with Crippen LogP contribution in [0.3, 0.4) is 0 Å². The molecule has 0 saturated carbocycles. The number of aryl methyl sites for hydroxylation is 1. The first-order valence-corrected chi connectivity index (χ1v) is 6.16. The van der Waals surface area contributed by atoms with Crippen molar-refractivity contribution in [3.63, 3.8) is 0 Å². The molecule has 78 valence electrons. The fourth-order valence-electron chi connectivity index (χ4n) is 1.02. The Labute approximate surface area is 96.9 Å². The average Bonchev–Trinajstić information content (AvgIpc) is 2.43. The molecule has 0 aliphatic heterocycles. The fourth-order valence-corrected chi connectivity index (χ4v) is 2.51. The molecule has 0 bridgehead atoms. The Morgan fingerprint density at radius 1 is 1.50 bits per heavy atom. The molecule has 1 rings (SSSR count). The summed E-state index contributed by atoms with van der Waals surface area (Å²) in [5.41, 5.74) is 0.943. The van der Waals surface area contributed by atoms with Crippen molar-refractivity contribution in [2.45, 2.75) is 32.5 Å². The molecule has 1 atom stereocenters. The molecule has 2 nitrogen and oxygen atoms in total. The second-order valence-electron chi connectivity index (χ2n) is 4.35. The van der Waals surface area contributed by atoms with Gasteiger partial charge in [-0.1, -0.05) is 36.7 Å². The van der Waals surface area contributed by atoms with E-state index in [2.05, 4.69) is 41.7 Å². The third-order valence-corrected chi connectivity index (χ3v) is 5.19. The van der Waals surface area contributed by atoms with E-state index < -0.39 is 0 Å². The minimum atomic E-state index is 0.116. The number of halogens is 1. The van der Waals surface area contributed by atoms with Gasteiger partial charge in [0.15, 0.2) is 6.29 Å². The maximum absolute atomic E-state index is 10.7. The number of rotatable bonds is 2. The molecule has 0 fully saturated rings. The van der Waals surface area contributed by atoms with Crippen molar-refractivity contribution in [2.75, 3.05) is 0 Å². The van der Waals surface area contributed by atoms with Crippen molar-refractivity contribution in [1.82, 2.24) is 4.98 Å². The minimum Gasteiger partial charge on any atom is -0.297 e. The molecule has 0 spiro atoms. The standard InChI is InChI=1S/C10H14BrNOS/c1-6-7(5-13)14-9(12-6)8(11)10(2,3)4/h5,8H,1-4H3. The average molecular weight is 276 g/mol. The molecule has 0 aliphatic rings. The first-order valence-electron chi connectivity index (χ1n) is 4.43. The predicted octanol–water partition coefficient (Wildman–Crippen LogP) is 3.75. The van der Waals surface area contributed by atoms with E-state index >= 15 is 0 Å². The number of carbonyl (C=O) groups is 1. The number of aromatic nitrogens is 1. The number of thiazole rings is 1. The van der Waals surface area contributed by atoms with E-state index in [0.717, 1.165) is 21.9 Å². The van der Waals surface area contributed by atoms with Gasteiger partial charge in [-0.05, 0) is 12.3 Å². The molecule has 1 unspecified atom stereocenters. The van der Waals surface area contributed by atoms with Crippen LogP contribution in [-0.4, -0.2) is 11.3 Å². The molecule has 0 amide bonds. The molecular formula is C10H14BrNOS. The van der Waals surface area contributed by atoms with Crippen molar-refractivity contribution in [2.24, 2.45) is 5.41 Å². The van der Waals surface area contributed by atoms with Gasteiger partial charge >= 0.3 is 0 Å². The molecule has 1 aromatic heterocycles.